The summed E-state index contributed by atoms with van der Waals surface area (Å²) in [7, 11) is -3.60. The zero-order valence-electron chi connectivity index (χ0n) is 11.2. The van der Waals surface area contributed by atoms with Gasteiger partial charge in [-0.2, -0.15) is 0 Å². The van der Waals surface area contributed by atoms with Gasteiger partial charge in [-0.3, -0.25) is 0 Å². The first-order chi connectivity index (χ1) is 9.32. The number of carbonyl (C=O) groups is 1. The molecule has 0 radical (unpaired) electrons. The molecule has 1 fully saturated rings. The number of sulfone groups is 1. The highest BCUT2D eigenvalue weighted by Gasteiger charge is 2.34. The number of hydrogen-bond acceptors (Lipinski definition) is 3. The minimum Gasteiger partial charge on any atom is -0.478 e. The van der Waals surface area contributed by atoms with Crippen LogP contribution in [0.2, 0.25) is 0 Å². The van der Waals surface area contributed by atoms with Crippen molar-refractivity contribution in [3.05, 3.63) is 28.2 Å². The second-order valence-electron chi connectivity index (χ2n) is 5.38. The average Bonchev–Trinajstić information content (AvgIpc) is 2.38. The van der Waals surface area contributed by atoms with Gasteiger partial charge in [-0.25, -0.2) is 13.2 Å². The molecule has 0 bridgehead atoms. The summed E-state index contributed by atoms with van der Waals surface area (Å²) in [6.07, 6.45) is 3.13. The zero-order valence-corrected chi connectivity index (χ0v) is 13.6. The number of carboxylic acids is 1. The largest absolute Gasteiger partial charge is 0.478 e. The molecule has 0 heterocycles. The van der Waals surface area contributed by atoms with Gasteiger partial charge >= 0.3 is 5.97 Å². The minimum atomic E-state index is -3.60. The van der Waals surface area contributed by atoms with Gasteiger partial charge < -0.3 is 5.11 Å². The summed E-state index contributed by atoms with van der Waals surface area (Å²) >= 11 is 3.22. The molecule has 1 saturated carbocycles. The Kier molecular flexibility index (Phi) is 4.54. The third-order valence-electron chi connectivity index (χ3n) is 3.81. The summed E-state index contributed by atoms with van der Waals surface area (Å²) in [5.74, 6) is -0.844. The first-order valence-corrected chi connectivity index (χ1v) is 8.93. The second-order valence-corrected chi connectivity index (χ2v) is 8.50. The van der Waals surface area contributed by atoms with E-state index in [0.717, 1.165) is 12.8 Å². The molecule has 1 aromatic rings. The number of aromatic carboxylic acids is 1. The van der Waals surface area contributed by atoms with Gasteiger partial charge in [0.1, 0.15) is 0 Å². The Morgan fingerprint density at radius 2 is 2.05 bits per heavy atom. The number of rotatable bonds is 3. The van der Waals surface area contributed by atoms with E-state index in [1.807, 2.05) is 6.92 Å². The molecule has 1 aliphatic rings. The van der Waals surface area contributed by atoms with Crippen molar-refractivity contribution in [1.82, 2.24) is 0 Å². The van der Waals surface area contributed by atoms with E-state index < -0.39 is 21.1 Å². The van der Waals surface area contributed by atoms with E-state index in [1.54, 1.807) is 6.07 Å². The summed E-state index contributed by atoms with van der Waals surface area (Å²) in [5.41, 5.74) is -0.147. The van der Waals surface area contributed by atoms with Crippen molar-refractivity contribution in [1.29, 1.82) is 0 Å². The Morgan fingerprint density at radius 3 is 2.65 bits per heavy atom. The van der Waals surface area contributed by atoms with Crippen LogP contribution in [0.3, 0.4) is 0 Å². The van der Waals surface area contributed by atoms with Crippen LogP contribution in [-0.4, -0.2) is 24.7 Å². The van der Waals surface area contributed by atoms with E-state index in [0.29, 0.717) is 23.2 Å². The lowest BCUT2D eigenvalue weighted by molar-refractivity contribution is 0.0692. The molecule has 0 aromatic heterocycles. The van der Waals surface area contributed by atoms with E-state index in [9.17, 15) is 18.3 Å². The molecule has 0 saturated heterocycles. The first kappa shape index (κ1) is 15.5. The number of halogens is 1. The highest BCUT2D eigenvalue weighted by molar-refractivity contribution is 9.10. The van der Waals surface area contributed by atoms with Crippen LogP contribution in [0.1, 0.15) is 43.0 Å². The highest BCUT2D eigenvalue weighted by atomic mass is 79.9. The molecule has 2 unspecified atom stereocenters. The third-order valence-corrected chi connectivity index (χ3v) is 6.56. The summed E-state index contributed by atoms with van der Waals surface area (Å²) in [6, 6.07) is 4.29. The van der Waals surface area contributed by atoms with Crippen molar-refractivity contribution in [2.45, 2.75) is 42.8 Å². The Hall–Kier alpha value is -0.880. The maximum absolute atomic E-state index is 12.7. The Labute approximate surface area is 127 Å². The van der Waals surface area contributed by atoms with Crippen molar-refractivity contribution >= 4 is 31.7 Å². The lowest BCUT2D eigenvalue weighted by atomic mass is 9.91. The smallest absolute Gasteiger partial charge is 0.337 e. The summed E-state index contributed by atoms with van der Waals surface area (Å²) < 4.78 is 26.0. The van der Waals surface area contributed by atoms with E-state index in [2.05, 4.69) is 15.9 Å². The third kappa shape index (κ3) is 3.06. The van der Waals surface area contributed by atoms with Crippen LogP contribution in [0.5, 0.6) is 0 Å². The molecule has 2 rings (SSSR count). The van der Waals surface area contributed by atoms with Crippen LogP contribution in [0.15, 0.2) is 27.6 Å². The SMILES string of the molecule is CC1CCCC(S(=O)(=O)c2cc(Br)ccc2C(=O)O)C1. The fourth-order valence-corrected chi connectivity index (χ4v) is 5.43. The molecule has 4 nitrogen and oxygen atoms in total. The van der Waals surface area contributed by atoms with Crippen LogP contribution in [-0.2, 0) is 9.84 Å². The van der Waals surface area contributed by atoms with Crippen LogP contribution < -0.4 is 0 Å². The van der Waals surface area contributed by atoms with Crippen molar-refractivity contribution < 1.29 is 18.3 Å². The molecule has 0 spiro atoms. The predicted molar refractivity (Wildman–Crippen MR) is 79.7 cm³/mol. The van der Waals surface area contributed by atoms with Gasteiger partial charge in [0.15, 0.2) is 9.84 Å². The van der Waals surface area contributed by atoms with Gasteiger partial charge in [0.2, 0.25) is 0 Å². The molecule has 2 atom stereocenters. The number of benzene rings is 1. The fourth-order valence-electron chi connectivity index (χ4n) is 2.75. The van der Waals surface area contributed by atoms with Gasteiger partial charge in [0.05, 0.1) is 15.7 Å². The van der Waals surface area contributed by atoms with Gasteiger partial charge in [-0.15, -0.1) is 0 Å². The minimum absolute atomic E-state index is 0.0709. The van der Waals surface area contributed by atoms with Gasteiger partial charge in [0, 0.05) is 4.47 Å². The van der Waals surface area contributed by atoms with Crippen LogP contribution >= 0.6 is 15.9 Å². The normalized spacial score (nSPS) is 23.5. The fraction of sp³-hybridized carbons (Fsp3) is 0.500. The van der Waals surface area contributed by atoms with Crippen LogP contribution in [0.25, 0.3) is 0 Å². The molecule has 20 heavy (non-hydrogen) atoms. The lowest BCUT2D eigenvalue weighted by Crippen LogP contribution is -2.28. The van der Waals surface area contributed by atoms with E-state index >= 15 is 0 Å². The van der Waals surface area contributed by atoms with E-state index in [1.165, 1.54) is 12.1 Å². The van der Waals surface area contributed by atoms with E-state index in [4.69, 9.17) is 0 Å². The molecule has 0 amide bonds. The maximum Gasteiger partial charge on any atom is 0.337 e. The number of carboxylic acid groups (broad SMARTS) is 1. The Bertz CT molecular complexity index is 624. The molecular formula is C14H17BrO4S. The van der Waals surface area contributed by atoms with Crippen molar-refractivity contribution in [2.24, 2.45) is 5.92 Å². The molecular weight excluding hydrogens is 344 g/mol. The summed E-state index contributed by atoms with van der Waals surface area (Å²) in [6.45, 7) is 2.04. The van der Waals surface area contributed by atoms with Crippen molar-refractivity contribution in [2.75, 3.05) is 0 Å². The quantitative estimate of drug-likeness (QED) is 0.895. The summed E-state index contributed by atoms with van der Waals surface area (Å²) in [5, 5.41) is 8.72. The van der Waals surface area contributed by atoms with Gasteiger partial charge in [-0.05, 0) is 37.0 Å². The number of hydrogen-bond donors (Lipinski definition) is 1. The molecule has 1 aliphatic carbocycles. The van der Waals surface area contributed by atoms with Crippen molar-refractivity contribution in [3.8, 4) is 0 Å². The second kappa shape index (κ2) is 5.85. The first-order valence-electron chi connectivity index (χ1n) is 6.59. The molecule has 0 aliphatic heterocycles. The summed E-state index contributed by atoms with van der Waals surface area (Å²) in [4.78, 5) is 11.2. The lowest BCUT2D eigenvalue weighted by Gasteiger charge is -2.27. The highest BCUT2D eigenvalue weighted by Crippen LogP contribution is 2.34. The maximum atomic E-state index is 12.7. The topological polar surface area (TPSA) is 71.4 Å². The standard InChI is InChI=1S/C14H17BrO4S/c1-9-3-2-4-11(7-9)20(18,19)13-8-10(15)5-6-12(13)14(16)17/h5-6,8-9,11H,2-4,7H2,1H3,(H,16,17). The van der Waals surface area contributed by atoms with E-state index in [-0.39, 0.29) is 10.5 Å². The van der Waals surface area contributed by atoms with Gasteiger partial charge in [-0.1, -0.05) is 35.7 Å². The zero-order chi connectivity index (χ0) is 14.9. The molecule has 110 valence electrons. The molecule has 6 heteroatoms. The molecule has 1 N–H and O–H groups in total. The monoisotopic (exact) mass is 360 g/mol. The predicted octanol–water partition coefficient (Wildman–Crippen LogP) is 3.50. The average molecular weight is 361 g/mol. The molecule has 1 aromatic carbocycles. The van der Waals surface area contributed by atoms with Crippen LogP contribution in [0.4, 0.5) is 0 Å². The Balaban J connectivity index is 2.48. The van der Waals surface area contributed by atoms with Crippen LogP contribution in [0, 0.1) is 5.92 Å². The Morgan fingerprint density at radius 1 is 1.35 bits per heavy atom. The van der Waals surface area contributed by atoms with Crippen molar-refractivity contribution in [3.63, 3.8) is 0 Å². The van der Waals surface area contributed by atoms with Gasteiger partial charge in [0.25, 0.3) is 0 Å².